The van der Waals surface area contributed by atoms with Gasteiger partial charge in [0.05, 0.1) is 21.7 Å². The second-order valence-corrected chi connectivity index (χ2v) is 7.73. The van der Waals surface area contributed by atoms with Crippen LogP contribution in [0.1, 0.15) is 33.4 Å². The van der Waals surface area contributed by atoms with Crippen molar-refractivity contribution >= 4 is 11.3 Å². The molecule has 0 bridgehead atoms. The number of nitrogens with zero attached hydrogens (tertiary/aromatic N) is 2. The van der Waals surface area contributed by atoms with Crippen LogP contribution < -0.4 is 0 Å². The number of thiazole rings is 1. The van der Waals surface area contributed by atoms with Crippen LogP contribution in [0.4, 0.5) is 30.7 Å². The molecule has 0 amide bonds. The van der Waals surface area contributed by atoms with Gasteiger partial charge in [-0.3, -0.25) is 0 Å². The first-order valence-corrected chi connectivity index (χ1v) is 9.73. The maximum Gasteiger partial charge on any atom is 0.416 e. The maximum absolute atomic E-state index is 14.1. The molecule has 168 valence electrons. The van der Waals surface area contributed by atoms with E-state index in [2.05, 4.69) is 4.98 Å². The Bertz CT molecular complexity index is 1140. The maximum atomic E-state index is 14.1. The molecule has 2 aromatic carbocycles. The fraction of sp³-hybridized carbons (Fsp3) is 0.238. The molecular weight excluding hydrogens is 461 g/mol. The van der Waals surface area contributed by atoms with E-state index in [0.717, 1.165) is 35.6 Å². The first-order chi connectivity index (χ1) is 14.9. The van der Waals surface area contributed by atoms with E-state index >= 15 is 0 Å². The van der Waals surface area contributed by atoms with E-state index < -0.39 is 36.4 Å². The van der Waals surface area contributed by atoms with Crippen LogP contribution in [0.3, 0.4) is 0 Å². The lowest BCUT2D eigenvalue weighted by atomic mass is 10.0. The van der Waals surface area contributed by atoms with Crippen molar-refractivity contribution in [2.24, 2.45) is 0 Å². The van der Waals surface area contributed by atoms with Gasteiger partial charge in [-0.25, -0.2) is 9.37 Å². The van der Waals surface area contributed by atoms with E-state index in [1.807, 2.05) is 0 Å². The van der Waals surface area contributed by atoms with Crippen LogP contribution in [-0.4, -0.2) is 17.8 Å². The Kier molecular flexibility index (Phi) is 6.57. The average Bonchev–Trinajstić information content (AvgIpc) is 3.08. The largest absolute Gasteiger partial charge is 0.416 e. The molecule has 32 heavy (non-hydrogen) atoms. The molecule has 0 spiro atoms. The van der Waals surface area contributed by atoms with Crippen LogP contribution in [0.2, 0.25) is 0 Å². The Morgan fingerprint density at radius 1 is 1.06 bits per heavy atom. The Labute approximate surface area is 181 Å². The molecule has 1 unspecified atom stereocenters. The number of rotatable bonds is 5. The summed E-state index contributed by atoms with van der Waals surface area (Å²) >= 11 is 0.923. The quantitative estimate of drug-likeness (QED) is 0.382. The highest BCUT2D eigenvalue weighted by atomic mass is 32.1. The van der Waals surface area contributed by atoms with Gasteiger partial charge in [-0.1, -0.05) is 18.2 Å². The van der Waals surface area contributed by atoms with E-state index in [1.165, 1.54) is 25.1 Å². The predicted molar refractivity (Wildman–Crippen MR) is 102 cm³/mol. The van der Waals surface area contributed by atoms with E-state index in [0.29, 0.717) is 5.56 Å². The smallest absolute Gasteiger partial charge is 0.358 e. The van der Waals surface area contributed by atoms with Gasteiger partial charge in [-0.05, 0) is 36.8 Å². The summed E-state index contributed by atoms with van der Waals surface area (Å²) in [6, 6.07) is 9.10. The van der Waals surface area contributed by atoms with E-state index in [4.69, 9.17) is 10.00 Å². The van der Waals surface area contributed by atoms with Crippen LogP contribution in [0.15, 0.2) is 42.5 Å². The van der Waals surface area contributed by atoms with Crippen molar-refractivity contribution in [3.8, 4) is 16.6 Å². The number of nitriles is 1. The third kappa shape index (κ3) is 5.44. The minimum absolute atomic E-state index is 0.0384. The number of aromatic nitrogens is 1. The average molecular weight is 474 g/mol. The van der Waals surface area contributed by atoms with E-state index in [9.17, 15) is 30.7 Å². The monoisotopic (exact) mass is 474 g/mol. The lowest BCUT2D eigenvalue weighted by Crippen LogP contribution is -2.20. The third-order valence-electron chi connectivity index (χ3n) is 4.36. The molecule has 3 nitrogen and oxygen atoms in total. The van der Waals surface area contributed by atoms with Gasteiger partial charge in [0.25, 0.3) is 0 Å². The molecule has 0 N–H and O–H groups in total. The first kappa shape index (κ1) is 23.7. The van der Waals surface area contributed by atoms with Crippen molar-refractivity contribution in [2.75, 3.05) is 6.61 Å². The molecule has 1 heterocycles. The Morgan fingerprint density at radius 3 is 2.25 bits per heavy atom. The third-order valence-corrected chi connectivity index (χ3v) is 5.61. The van der Waals surface area contributed by atoms with Gasteiger partial charge in [0.2, 0.25) is 0 Å². The summed E-state index contributed by atoms with van der Waals surface area (Å²) in [5.74, 6) is -0.921. The minimum atomic E-state index is -4.65. The van der Waals surface area contributed by atoms with Gasteiger partial charge in [-0.2, -0.15) is 31.6 Å². The van der Waals surface area contributed by atoms with Crippen LogP contribution in [0, 0.1) is 24.1 Å². The van der Waals surface area contributed by atoms with Crippen molar-refractivity contribution < 1.29 is 35.5 Å². The molecule has 0 saturated heterocycles. The summed E-state index contributed by atoms with van der Waals surface area (Å²) in [7, 11) is 0. The van der Waals surface area contributed by atoms with Crippen molar-refractivity contribution in [3.63, 3.8) is 0 Å². The SMILES string of the molecule is Cc1nc(-c2ccc(C(F)(F)F)cc2)sc1C(OCC(F)(F)F)c1ccc(C#N)c(F)c1. The number of hydrogen-bond acceptors (Lipinski definition) is 4. The van der Waals surface area contributed by atoms with Crippen molar-refractivity contribution in [2.45, 2.75) is 25.4 Å². The predicted octanol–water partition coefficient (Wildman–Crippen LogP) is 6.82. The summed E-state index contributed by atoms with van der Waals surface area (Å²) in [6.45, 7) is -0.115. The van der Waals surface area contributed by atoms with Gasteiger partial charge in [-0.15, -0.1) is 11.3 Å². The molecule has 1 aromatic heterocycles. The molecule has 0 aliphatic rings. The molecule has 11 heteroatoms. The molecule has 0 saturated carbocycles. The van der Waals surface area contributed by atoms with Crippen molar-refractivity contribution in [1.29, 1.82) is 5.26 Å². The Hall–Kier alpha value is -2.97. The van der Waals surface area contributed by atoms with E-state index in [1.54, 1.807) is 6.07 Å². The molecule has 1 atom stereocenters. The fourth-order valence-electron chi connectivity index (χ4n) is 2.86. The number of ether oxygens (including phenoxy) is 1. The standard InChI is InChI=1S/C21H13F7N2OS/c1-11-18(32-19(30-11)12-4-6-15(7-5-12)21(26,27)28)17(31-10-20(23,24)25)13-2-3-14(9-29)16(22)8-13/h2-8,17H,10H2,1H3. The number of halogens is 7. The minimum Gasteiger partial charge on any atom is -0.358 e. The highest BCUT2D eigenvalue weighted by molar-refractivity contribution is 7.15. The van der Waals surface area contributed by atoms with Crippen LogP contribution in [-0.2, 0) is 10.9 Å². The summed E-state index contributed by atoms with van der Waals surface area (Å²) in [6.07, 6.45) is -10.5. The number of alkyl halides is 6. The highest BCUT2D eigenvalue weighted by Crippen LogP contribution is 2.39. The number of hydrogen-bond donors (Lipinski definition) is 0. The second-order valence-electron chi connectivity index (χ2n) is 6.70. The molecule has 0 radical (unpaired) electrons. The van der Waals surface area contributed by atoms with Gasteiger partial charge >= 0.3 is 12.4 Å². The summed E-state index contributed by atoms with van der Waals surface area (Å²) in [5.41, 5.74) is -0.486. The fourth-order valence-corrected chi connectivity index (χ4v) is 4.01. The second kappa shape index (κ2) is 8.88. The molecule has 0 aliphatic carbocycles. The van der Waals surface area contributed by atoms with Gasteiger partial charge in [0.1, 0.15) is 29.6 Å². The van der Waals surface area contributed by atoms with Crippen LogP contribution >= 0.6 is 11.3 Å². The van der Waals surface area contributed by atoms with Gasteiger partial charge < -0.3 is 4.74 Å². The summed E-state index contributed by atoms with van der Waals surface area (Å²) < 4.78 is 95.9. The molecular formula is C21H13F7N2OS. The zero-order chi connectivity index (χ0) is 23.7. The lowest BCUT2D eigenvalue weighted by Gasteiger charge is -2.19. The number of aryl methyl sites for hydroxylation is 1. The molecule has 0 fully saturated rings. The van der Waals surface area contributed by atoms with Crippen molar-refractivity contribution in [1.82, 2.24) is 4.98 Å². The summed E-state index contributed by atoms with van der Waals surface area (Å²) in [5, 5.41) is 9.13. The zero-order valence-electron chi connectivity index (χ0n) is 16.2. The zero-order valence-corrected chi connectivity index (χ0v) is 17.0. The van der Waals surface area contributed by atoms with Gasteiger partial charge in [0, 0.05) is 5.56 Å². The lowest BCUT2D eigenvalue weighted by molar-refractivity contribution is -0.182. The summed E-state index contributed by atoms with van der Waals surface area (Å²) in [4.78, 5) is 4.48. The number of benzene rings is 2. The van der Waals surface area contributed by atoms with Gasteiger partial charge in [0.15, 0.2) is 0 Å². The Morgan fingerprint density at radius 2 is 1.72 bits per heavy atom. The van der Waals surface area contributed by atoms with Crippen LogP contribution in [0.5, 0.6) is 0 Å². The molecule has 0 aliphatic heterocycles. The van der Waals surface area contributed by atoms with Crippen molar-refractivity contribution in [3.05, 3.63) is 75.5 Å². The first-order valence-electron chi connectivity index (χ1n) is 8.92. The molecule has 3 rings (SSSR count). The Balaban J connectivity index is 2.01. The van der Waals surface area contributed by atoms with E-state index in [-0.39, 0.29) is 26.7 Å². The molecule has 3 aromatic rings. The van der Waals surface area contributed by atoms with Crippen LogP contribution in [0.25, 0.3) is 10.6 Å². The topological polar surface area (TPSA) is 45.9 Å². The normalized spacial score (nSPS) is 13.1. The highest BCUT2D eigenvalue weighted by Gasteiger charge is 2.32.